The molecule has 0 N–H and O–H groups in total. The number of hydrogen-bond acceptors (Lipinski definition) is 3. The molecule has 1 aromatic carbocycles. The number of nitrogens with zero attached hydrogens (tertiary/aromatic N) is 2. The summed E-state index contributed by atoms with van der Waals surface area (Å²) < 4.78 is 6.54. The van der Waals surface area contributed by atoms with Crippen molar-refractivity contribution in [2.75, 3.05) is 0 Å². The van der Waals surface area contributed by atoms with Gasteiger partial charge < -0.3 is 4.52 Å². The molecule has 77 valence electrons. The number of benzene rings is 1. The Balaban J connectivity index is 2.44. The molecule has 2 rings (SSSR count). The van der Waals surface area contributed by atoms with Gasteiger partial charge >= 0.3 is 0 Å². The maximum atomic E-state index is 10.5. The monoisotopic (exact) mass is 331 g/mol. The first-order chi connectivity index (χ1) is 7.20. The maximum Gasteiger partial charge on any atom is 0.256 e. The number of hydrogen-bond donors (Lipinski definition) is 0. The maximum absolute atomic E-state index is 10.5. The van der Waals surface area contributed by atoms with Crippen molar-refractivity contribution in [3.05, 3.63) is 33.0 Å². The summed E-state index contributed by atoms with van der Waals surface area (Å²) in [4.78, 5) is 3.95. The fourth-order valence-corrected chi connectivity index (χ4v) is 2.32. The largest absolute Gasteiger partial charge is 0.336 e. The van der Waals surface area contributed by atoms with Gasteiger partial charge in [-0.05, 0) is 34.1 Å². The first kappa shape index (κ1) is 10.8. The molecule has 1 aromatic heterocycles. The summed E-state index contributed by atoms with van der Waals surface area (Å²) in [5, 5.41) is 14.2. The van der Waals surface area contributed by atoms with Gasteiger partial charge in [0.15, 0.2) is 6.61 Å². The molecule has 0 saturated carbocycles. The molecule has 2 aromatic rings. The van der Waals surface area contributed by atoms with E-state index in [-0.39, 0.29) is 5.89 Å². The van der Waals surface area contributed by atoms with E-state index in [2.05, 4.69) is 42.0 Å². The zero-order valence-corrected chi connectivity index (χ0v) is 10.6. The topological polar surface area (TPSA) is 58.8 Å². The lowest BCUT2D eigenvalue weighted by molar-refractivity contribution is 0.142. The molecule has 6 heteroatoms. The van der Waals surface area contributed by atoms with E-state index in [1.54, 1.807) is 0 Å². The van der Waals surface area contributed by atoms with Crippen molar-refractivity contribution in [2.24, 2.45) is 0 Å². The average Bonchev–Trinajstić information content (AvgIpc) is 2.66. The van der Waals surface area contributed by atoms with Crippen LogP contribution in [0.3, 0.4) is 0 Å². The van der Waals surface area contributed by atoms with Crippen molar-refractivity contribution >= 4 is 31.9 Å². The summed E-state index contributed by atoms with van der Waals surface area (Å²) in [6.07, 6.45) is 0. The quantitative estimate of drug-likeness (QED) is 0.848. The first-order valence-corrected chi connectivity index (χ1v) is 5.65. The molecule has 4 nitrogen and oxygen atoms in total. The molecule has 0 amide bonds. The second kappa shape index (κ2) is 4.42. The summed E-state index contributed by atoms with van der Waals surface area (Å²) in [5.74, 6) is 0.514. The highest BCUT2D eigenvalue weighted by Gasteiger charge is 2.11. The van der Waals surface area contributed by atoms with Crippen LogP contribution in [-0.4, -0.2) is 10.1 Å². The third-order valence-corrected chi connectivity index (χ3v) is 2.91. The smallest absolute Gasteiger partial charge is 0.256 e. The highest BCUT2D eigenvalue weighted by atomic mass is 79.9. The Kier molecular flexibility index (Phi) is 3.18. The summed E-state index contributed by atoms with van der Waals surface area (Å²) in [5.41, 5.74) is 0.793. The van der Waals surface area contributed by atoms with E-state index in [0.29, 0.717) is 5.82 Å². The van der Waals surface area contributed by atoms with Gasteiger partial charge in [0.2, 0.25) is 5.82 Å². The SMILES string of the molecule is [O]Cc1nc(-c2ccc(Br)cc2Br)no1. The molecule has 0 bridgehead atoms. The van der Waals surface area contributed by atoms with Gasteiger partial charge in [-0.3, -0.25) is 0 Å². The molecule has 1 heterocycles. The Labute approximate surface area is 103 Å². The van der Waals surface area contributed by atoms with Gasteiger partial charge in [0.1, 0.15) is 0 Å². The Bertz CT molecular complexity index is 485. The predicted molar refractivity (Wildman–Crippen MR) is 59.5 cm³/mol. The van der Waals surface area contributed by atoms with Crippen LogP contribution >= 0.6 is 31.9 Å². The van der Waals surface area contributed by atoms with Crippen LogP contribution < -0.4 is 0 Å². The lowest BCUT2D eigenvalue weighted by Crippen LogP contribution is -1.84. The van der Waals surface area contributed by atoms with Gasteiger partial charge in [0.05, 0.1) is 0 Å². The van der Waals surface area contributed by atoms with E-state index in [9.17, 15) is 5.11 Å². The van der Waals surface area contributed by atoms with Crippen molar-refractivity contribution < 1.29 is 9.63 Å². The predicted octanol–water partition coefficient (Wildman–Crippen LogP) is 3.19. The number of aromatic nitrogens is 2. The van der Waals surface area contributed by atoms with E-state index in [0.717, 1.165) is 14.5 Å². The number of halogens is 2. The van der Waals surface area contributed by atoms with Crippen LogP contribution in [0.4, 0.5) is 0 Å². The van der Waals surface area contributed by atoms with Crippen LogP contribution in [0.25, 0.3) is 11.4 Å². The fraction of sp³-hybridized carbons (Fsp3) is 0.111. The molecule has 0 atom stereocenters. The van der Waals surface area contributed by atoms with Crippen molar-refractivity contribution in [1.82, 2.24) is 10.1 Å². The summed E-state index contributed by atoms with van der Waals surface area (Å²) in [6.45, 7) is -0.499. The normalized spacial score (nSPS) is 10.6. The van der Waals surface area contributed by atoms with Gasteiger partial charge in [-0.25, -0.2) is 5.11 Å². The van der Waals surface area contributed by atoms with Gasteiger partial charge in [-0.1, -0.05) is 21.1 Å². The van der Waals surface area contributed by atoms with Gasteiger partial charge in [0.25, 0.3) is 5.89 Å². The molecular weight excluding hydrogens is 328 g/mol. The molecule has 0 spiro atoms. The molecule has 0 aliphatic carbocycles. The first-order valence-electron chi connectivity index (χ1n) is 4.07. The van der Waals surface area contributed by atoms with E-state index in [4.69, 9.17) is 4.52 Å². The van der Waals surface area contributed by atoms with E-state index in [1.807, 2.05) is 18.2 Å². The third kappa shape index (κ3) is 2.27. The summed E-state index contributed by atoms with van der Waals surface area (Å²) in [6, 6.07) is 5.59. The van der Waals surface area contributed by atoms with E-state index >= 15 is 0 Å². The van der Waals surface area contributed by atoms with Crippen LogP contribution in [-0.2, 0) is 11.7 Å². The second-order valence-corrected chi connectivity index (χ2v) is 4.55. The van der Waals surface area contributed by atoms with Crippen LogP contribution in [0.15, 0.2) is 31.7 Å². The van der Waals surface area contributed by atoms with E-state index < -0.39 is 6.61 Å². The van der Waals surface area contributed by atoms with Crippen LogP contribution in [0.5, 0.6) is 0 Å². The Morgan fingerprint density at radius 1 is 1.33 bits per heavy atom. The lowest BCUT2D eigenvalue weighted by Gasteiger charge is -1.98. The molecule has 0 aliphatic rings. The Morgan fingerprint density at radius 3 is 2.73 bits per heavy atom. The van der Waals surface area contributed by atoms with Gasteiger partial charge in [-0.15, -0.1) is 0 Å². The molecule has 0 aliphatic heterocycles. The number of rotatable bonds is 2. The standard InChI is InChI=1S/C9H5Br2N2O2/c10-5-1-2-6(7(11)3-5)9-12-8(4-14)15-13-9/h1-3H,4H2. The van der Waals surface area contributed by atoms with Crippen LogP contribution in [0.2, 0.25) is 0 Å². The molecule has 0 unspecified atom stereocenters. The molecule has 0 fully saturated rings. The minimum Gasteiger partial charge on any atom is -0.336 e. The molecular formula is C9H5Br2N2O2. The zero-order chi connectivity index (χ0) is 10.8. The highest BCUT2D eigenvalue weighted by molar-refractivity contribution is 9.11. The zero-order valence-electron chi connectivity index (χ0n) is 7.41. The minimum atomic E-state index is -0.499. The Morgan fingerprint density at radius 2 is 2.13 bits per heavy atom. The Hall–Kier alpha value is -0.720. The lowest BCUT2D eigenvalue weighted by atomic mass is 10.2. The third-order valence-electron chi connectivity index (χ3n) is 1.76. The average molecular weight is 333 g/mol. The van der Waals surface area contributed by atoms with Gasteiger partial charge in [-0.2, -0.15) is 4.98 Å². The molecule has 15 heavy (non-hydrogen) atoms. The van der Waals surface area contributed by atoms with Gasteiger partial charge in [0, 0.05) is 14.5 Å². The minimum absolute atomic E-state index is 0.0971. The van der Waals surface area contributed by atoms with Crippen LogP contribution in [0, 0.1) is 0 Å². The summed E-state index contributed by atoms with van der Waals surface area (Å²) in [7, 11) is 0. The molecule has 1 radical (unpaired) electrons. The highest BCUT2D eigenvalue weighted by Crippen LogP contribution is 2.28. The van der Waals surface area contributed by atoms with Crippen molar-refractivity contribution in [3.8, 4) is 11.4 Å². The fourth-order valence-electron chi connectivity index (χ4n) is 1.09. The van der Waals surface area contributed by atoms with Crippen molar-refractivity contribution in [1.29, 1.82) is 0 Å². The van der Waals surface area contributed by atoms with Crippen molar-refractivity contribution in [3.63, 3.8) is 0 Å². The van der Waals surface area contributed by atoms with Crippen molar-refractivity contribution in [2.45, 2.75) is 6.61 Å². The van der Waals surface area contributed by atoms with E-state index in [1.165, 1.54) is 0 Å². The summed E-state index contributed by atoms with van der Waals surface area (Å²) >= 11 is 6.73. The van der Waals surface area contributed by atoms with Crippen LogP contribution in [0.1, 0.15) is 5.89 Å². The second-order valence-electron chi connectivity index (χ2n) is 2.78. The molecule has 0 saturated heterocycles.